The van der Waals surface area contributed by atoms with Crippen LogP contribution in [0.15, 0.2) is 6.20 Å². The first-order valence-electron chi connectivity index (χ1n) is 6.89. The lowest BCUT2D eigenvalue weighted by atomic mass is 9.92. The van der Waals surface area contributed by atoms with E-state index in [9.17, 15) is 9.59 Å². The van der Waals surface area contributed by atoms with Gasteiger partial charge in [-0.1, -0.05) is 6.92 Å². The molecule has 0 amide bonds. The van der Waals surface area contributed by atoms with Crippen molar-refractivity contribution in [3.8, 4) is 6.07 Å². The third-order valence-electron chi connectivity index (χ3n) is 4.94. The number of ether oxygens (including phenoxy) is 1. The van der Waals surface area contributed by atoms with Crippen LogP contribution in [0.1, 0.15) is 26.3 Å². The fourth-order valence-electron chi connectivity index (χ4n) is 3.85. The Hall–Kier alpha value is -2.36. The summed E-state index contributed by atoms with van der Waals surface area (Å²) < 4.78 is 6.68. The third-order valence-corrected chi connectivity index (χ3v) is 4.94. The molecule has 2 aliphatic rings. The second-order valence-electron chi connectivity index (χ2n) is 5.52. The van der Waals surface area contributed by atoms with E-state index in [1.807, 2.05) is 13.0 Å². The second kappa shape index (κ2) is 4.07. The number of carbonyl (C=O) groups is 2. The Morgan fingerprint density at radius 3 is 2.95 bits per heavy atom. The average Bonchev–Trinajstić information content (AvgIpc) is 2.81. The van der Waals surface area contributed by atoms with Gasteiger partial charge in [0.05, 0.1) is 18.2 Å². The zero-order valence-corrected chi connectivity index (χ0v) is 12.1. The molecule has 2 heterocycles. The number of rotatable bonds is 3. The predicted molar refractivity (Wildman–Crippen MR) is 72.3 cm³/mol. The van der Waals surface area contributed by atoms with E-state index in [2.05, 4.69) is 10.4 Å². The van der Waals surface area contributed by atoms with Crippen LogP contribution in [0, 0.1) is 22.7 Å². The number of hydrogen-bond donors (Lipinski definition) is 1. The Balaban J connectivity index is 2.22. The summed E-state index contributed by atoms with van der Waals surface area (Å²) >= 11 is 0. The van der Waals surface area contributed by atoms with Gasteiger partial charge in [-0.15, -0.1) is 0 Å². The molecule has 1 aliphatic carbocycles. The molecule has 1 aromatic rings. The summed E-state index contributed by atoms with van der Waals surface area (Å²) in [7, 11) is 0. The lowest BCUT2D eigenvalue weighted by Gasteiger charge is -2.29. The summed E-state index contributed by atoms with van der Waals surface area (Å²) in [6.45, 7) is 5.60. The molecule has 0 spiro atoms. The highest BCUT2D eigenvalue weighted by molar-refractivity contribution is 6.01. The van der Waals surface area contributed by atoms with Crippen LogP contribution in [-0.2, 0) is 19.9 Å². The van der Waals surface area contributed by atoms with Gasteiger partial charge in [0.25, 0.3) is 0 Å². The summed E-state index contributed by atoms with van der Waals surface area (Å²) in [4.78, 5) is 24.8. The van der Waals surface area contributed by atoms with Gasteiger partial charge in [-0.25, -0.2) is 9.48 Å². The molecule has 0 aromatic carbocycles. The molecule has 110 valence electrons. The number of hydrogen-bond acceptors (Lipinski definition) is 6. The van der Waals surface area contributed by atoms with E-state index < -0.39 is 16.9 Å². The first-order valence-corrected chi connectivity index (χ1v) is 6.89. The number of esters is 1. The largest absolute Gasteiger partial charge is 0.464 e. The average molecular weight is 288 g/mol. The van der Waals surface area contributed by atoms with Crippen LogP contribution in [0.25, 0.3) is 0 Å². The molecule has 7 heteroatoms. The van der Waals surface area contributed by atoms with Crippen molar-refractivity contribution < 1.29 is 14.3 Å². The molecular weight excluding hydrogens is 272 g/mol. The van der Waals surface area contributed by atoms with E-state index in [4.69, 9.17) is 10.00 Å². The minimum absolute atomic E-state index is 0.0739. The van der Waals surface area contributed by atoms with Crippen molar-refractivity contribution in [3.05, 3.63) is 11.8 Å². The molecule has 1 aliphatic heterocycles. The van der Waals surface area contributed by atoms with Crippen LogP contribution >= 0.6 is 0 Å². The highest BCUT2D eigenvalue weighted by Crippen LogP contribution is 2.70. The lowest BCUT2D eigenvalue weighted by molar-refractivity contribution is -0.152. The summed E-state index contributed by atoms with van der Waals surface area (Å²) in [6.07, 6.45) is 1.41. The first-order chi connectivity index (χ1) is 9.98. The van der Waals surface area contributed by atoms with E-state index >= 15 is 0 Å². The Kier molecular flexibility index (Phi) is 2.64. The molecule has 3 atom stereocenters. The molecule has 1 fully saturated rings. The fourth-order valence-corrected chi connectivity index (χ4v) is 3.85. The Morgan fingerprint density at radius 1 is 1.67 bits per heavy atom. The van der Waals surface area contributed by atoms with Crippen molar-refractivity contribution in [1.29, 1.82) is 5.26 Å². The molecule has 1 aromatic heterocycles. The lowest BCUT2D eigenvalue weighted by Crippen LogP contribution is -2.46. The van der Waals surface area contributed by atoms with Gasteiger partial charge in [0.2, 0.25) is 0 Å². The Morgan fingerprint density at radius 2 is 2.38 bits per heavy atom. The van der Waals surface area contributed by atoms with Crippen LogP contribution < -0.4 is 5.32 Å². The molecule has 21 heavy (non-hydrogen) atoms. The maximum Gasteiger partial charge on any atom is 0.335 e. The number of nitriles is 1. The standard InChI is InChI=1S/C14H16N4O3/c1-4-21-12(20)14-8(2)13(14,9(3)19)7-16-11-10(5-15)6-17-18(11)14/h6,8,16H,4,7H2,1-3H3. The van der Waals surface area contributed by atoms with Gasteiger partial charge < -0.3 is 10.1 Å². The zero-order chi connectivity index (χ0) is 15.4. The van der Waals surface area contributed by atoms with Crippen LogP contribution in [0.5, 0.6) is 0 Å². The first kappa shape index (κ1) is 13.6. The molecule has 0 saturated heterocycles. The van der Waals surface area contributed by atoms with Gasteiger partial charge >= 0.3 is 5.97 Å². The van der Waals surface area contributed by atoms with Crippen molar-refractivity contribution >= 4 is 17.6 Å². The Labute approximate surface area is 121 Å². The van der Waals surface area contributed by atoms with Crippen LogP contribution in [-0.4, -0.2) is 34.7 Å². The van der Waals surface area contributed by atoms with Gasteiger partial charge in [0.15, 0.2) is 5.54 Å². The highest BCUT2D eigenvalue weighted by atomic mass is 16.5. The van der Waals surface area contributed by atoms with Gasteiger partial charge in [0, 0.05) is 12.5 Å². The quantitative estimate of drug-likeness (QED) is 0.821. The maximum absolute atomic E-state index is 12.6. The minimum atomic E-state index is -1.13. The van der Waals surface area contributed by atoms with E-state index in [1.165, 1.54) is 17.8 Å². The van der Waals surface area contributed by atoms with Gasteiger partial charge in [0.1, 0.15) is 23.2 Å². The molecule has 1 saturated carbocycles. The fraction of sp³-hybridized carbons (Fsp3) is 0.571. The molecular formula is C14H16N4O3. The van der Waals surface area contributed by atoms with E-state index in [0.717, 1.165) is 0 Å². The number of ketones is 1. The van der Waals surface area contributed by atoms with Crippen LogP contribution in [0.3, 0.4) is 0 Å². The maximum atomic E-state index is 12.6. The molecule has 3 unspecified atom stereocenters. The summed E-state index contributed by atoms with van der Waals surface area (Å²) in [5.41, 5.74) is -1.63. The van der Waals surface area contributed by atoms with E-state index in [1.54, 1.807) is 6.92 Å². The van der Waals surface area contributed by atoms with Crippen LogP contribution in [0.2, 0.25) is 0 Å². The zero-order valence-electron chi connectivity index (χ0n) is 12.1. The minimum Gasteiger partial charge on any atom is -0.464 e. The number of nitrogens with one attached hydrogen (secondary N) is 1. The van der Waals surface area contributed by atoms with E-state index in [0.29, 0.717) is 17.9 Å². The van der Waals surface area contributed by atoms with Crippen molar-refractivity contribution in [2.45, 2.75) is 26.3 Å². The molecule has 1 N–H and O–H groups in total. The Bertz CT molecular complexity index is 689. The number of fused-ring (bicyclic) bond motifs is 3. The van der Waals surface area contributed by atoms with E-state index in [-0.39, 0.29) is 18.3 Å². The van der Waals surface area contributed by atoms with Gasteiger partial charge in [-0.05, 0) is 13.8 Å². The highest BCUT2D eigenvalue weighted by Gasteiger charge is 2.85. The molecule has 3 rings (SSSR count). The third kappa shape index (κ3) is 1.25. The number of carbonyl (C=O) groups excluding carboxylic acids is 2. The summed E-state index contributed by atoms with van der Waals surface area (Å²) in [5, 5.41) is 16.4. The predicted octanol–water partition coefficient (Wildman–Crippen LogP) is 0.664. The normalized spacial score (nSPS) is 32.2. The van der Waals surface area contributed by atoms with Crippen molar-refractivity contribution in [2.75, 3.05) is 18.5 Å². The number of nitrogens with zero attached hydrogens (tertiary/aromatic N) is 3. The van der Waals surface area contributed by atoms with Crippen molar-refractivity contribution in [1.82, 2.24) is 9.78 Å². The molecule has 0 radical (unpaired) electrons. The number of aromatic nitrogens is 2. The number of Topliss-reactive ketones (excluding diaryl/α,β-unsaturated/α-hetero) is 1. The van der Waals surface area contributed by atoms with Crippen LogP contribution in [0.4, 0.5) is 5.82 Å². The van der Waals surface area contributed by atoms with Gasteiger partial charge in [-0.2, -0.15) is 10.4 Å². The second-order valence-corrected chi connectivity index (χ2v) is 5.52. The monoisotopic (exact) mass is 288 g/mol. The van der Waals surface area contributed by atoms with Crippen molar-refractivity contribution in [2.24, 2.45) is 11.3 Å². The topological polar surface area (TPSA) is 97.0 Å². The summed E-state index contributed by atoms with van der Waals surface area (Å²) in [6, 6.07) is 2.04. The SMILES string of the molecule is CCOC(=O)C12C(C)C1(C(C)=O)CNc1c(C#N)cnn12. The number of anilines is 1. The molecule has 7 nitrogen and oxygen atoms in total. The van der Waals surface area contributed by atoms with Crippen molar-refractivity contribution in [3.63, 3.8) is 0 Å². The molecule has 0 bridgehead atoms. The van der Waals surface area contributed by atoms with Gasteiger partial charge in [-0.3, -0.25) is 4.79 Å². The summed E-state index contributed by atoms with van der Waals surface area (Å²) in [5.74, 6) is -0.285. The smallest absolute Gasteiger partial charge is 0.335 e.